The molecule has 0 atom stereocenters. The standard InChI is InChI=1S/C7H11N3O3S/c1-4-13-7(11)8-6-5(2)10(12-3)9-14-6/h4H2,1-3H3/p+1. The molecule has 1 amide bonds. The van der Waals surface area contributed by atoms with E-state index in [1.165, 1.54) is 12.0 Å². The zero-order chi connectivity index (χ0) is 10.6. The number of nitrogens with zero attached hydrogens (tertiary/aromatic N) is 2. The number of hydrogen-bond acceptors (Lipinski definition) is 5. The van der Waals surface area contributed by atoms with Crippen LogP contribution in [-0.2, 0) is 4.74 Å². The van der Waals surface area contributed by atoms with E-state index < -0.39 is 6.09 Å². The van der Waals surface area contributed by atoms with Gasteiger partial charge in [0.1, 0.15) is 9.33 Å². The molecule has 1 heterocycles. The molecule has 1 aromatic rings. The Hall–Kier alpha value is -1.37. The molecule has 0 aliphatic heterocycles. The van der Waals surface area contributed by atoms with Crippen LogP contribution in [0, 0.1) is 6.92 Å². The Morgan fingerprint density at radius 1 is 1.71 bits per heavy atom. The Morgan fingerprint density at radius 3 is 2.93 bits per heavy atom. The fraction of sp³-hybridized carbons (Fsp3) is 0.571. The Kier molecular flexibility index (Phi) is 3.63. The van der Waals surface area contributed by atoms with E-state index in [0.717, 1.165) is 17.2 Å². The van der Waals surface area contributed by atoms with Gasteiger partial charge in [-0.05, 0) is 6.92 Å². The van der Waals surface area contributed by atoms with E-state index in [4.69, 9.17) is 9.57 Å². The van der Waals surface area contributed by atoms with Crippen molar-refractivity contribution in [2.45, 2.75) is 13.8 Å². The average Bonchev–Trinajstić information content (AvgIpc) is 2.48. The Labute approximate surface area is 85.5 Å². The summed E-state index contributed by atoms with van der Waals surface area (Å²) in [5, 5.41) is 3.18. The monoisotopic (exact) mass is 218 g/mol. The van der Waals surface area contributed by atoms with Crippen molar-refractivity contribution in [1.82, 2.24) is 4.49 Å². The van der Waals surface area contributed by atoms with Crippen molar-refractivity contribution >= 4 is 22.6 Å². The molecule has 0 aliphatic rings. The number of anilines is 1. The minimum absolute atomic E-state index is 0.341. The fourth-order valence-electron chi connectivity index (χ4n) is 0.835. The normalized spacial score (nSPS) is 9.64. The molecular weight excluding hydrogens is 206 g/mol. The predicted octanol–water partition coefficient (Wildman–Crippen LogP) is 0.366. The Balaban J connectivity index is 2.67. The minimum atomic E-state index is -0.484. The van der Waals surface area contributed by atoms with E-state index in [1.54, 1.807) is 13.8 Å². The van der Waals surface area contributed by atoms with Gasteiger partial charge in [-0.1, -0.05) is 0 Å². The van der Waals surface area contributed by atoms with Crippen LogP contribution in [0.3, 0.4) is 0 Å². The summed E-state index contributed by atoms with van der Waals surface area (Å²) in [6.45, 7) is 3.87. The second kappa shape index (κ2) is 4.75. The smallest absolute Gasteiger partial charge is 0.412 e. The van der Waals surface area contributed by atoms with Crippen LogP contribution in [0.4, 0.5) is 9.80 Å². The molecule has 0 fully saturated rings. The zero-order valence-electron chi connectivity index (χ0n) is 8.23. The van der Waals surface area contributed by atoms with E-state index in [-0.39, 0.29) is 0 Å². The van der Waals surface area contributed by atoms with Crippen LogP contribution >= 0.6 is 11.5 Å². The summed E-state index contributed by atoms with van der Waals surface area (Å²) in [5.41, 5.74) is 0.727. The number of ether oxygens (including phenoxy) is 1. The molecule has 0 spiro atoms. The summed E-state index contributed by atoms with van der Waals surface area (Å²) in [6.07, 6.45) is -0.484. The second-order valence-corrected chi connectivity index (χ2v) is 3.14. The van der Waals surface area contributed by atoms with Crippen LogP contribution in [0.15, 0.2) is 0 Å². The van der Waals surface area contributed by atoms with E-state index in [9.17, 15) is 4.79 Å². The summed E-state index contributed by atoms with van der Waals surface area (Å²) >= 11 is 1.13. The Morgan fingerprint density at radius 2 is 2.43 bits per heavy atom. The molecule has 0 radical (unpaired) electrons. The lowest BCUT2D eigenvalue weighted by Crippen LogP contribution is -2.44. The maximum absolute atomic E-state index is 11.1. The van der Waals surface area contributed by atoms with E-state index in [0.29, 0.717) is 11.6 Å². The molecule has 0 saturated carbocycles. The van der Waals surface area contributed by atoms with Crippen molar-refractivity contribution in [2.75, 3.05) is 19.0 Å². The van der Waals surface area contributed by atoms with Crippen molar-refractivity contribution in [3.8, 4) is 0 Å². The van der Waals surface area contributed by atoms with Gasteiger partial charge in [-0.3, -0.25) is 5.32 Å². The highest BCUT2D eigenvalue weighted by Gasteiger charge is 2.20. The number of rotatable bonds is 3. The zero-order valence-corrected chi connectivity index (χ0v) is 9.05. The van der Waals surface area contributed by atoms with Crippen molar-refractivity contribution in [2.24, 2.45) is 0 Å². The lowest BCUT2D eigenvalue weighted by atomic mass is 10.5. The highest BCUT2D eigenvalue weighted by atomic mass is 32.1. The first kappa shape index (κ1) is 10.7. The molecule has 1 N–H and O–H groups in total. The van der Waals surface area contributed by atoms with E-state index in [2.05, 4.69) is 9.81 Å². The largest absolute Gasteiger partial charge is 0.450 e. The Bertz CT molecular complexity index is 326. The van der Waals surface area contributed by atoms with Crippen LogP contribution < -0.4 is 15.0 Å². The van der Waals surface area contributed by atoms with Gasteiger partial charge in [-0.25, -0.2) is 9.63 Å². The highest BCUT2D eigenvalue weighted by Crippen LogP contribution is 2.14. The molecule has 0 saturated heterocycles. The van der Waals surface area contributed by atoms with Crippen molar-refractivity contribution in [3.05, 3.63) is 5.69 Å². The third-order valence-corrected chi connectivity index (χ3v) is 2.30. The van der Waals surface area contributed by atoms with Gasteiger partial charge >= 0.3 is 6.09 Å². The molecule has 6 nitrogen and oxygen atoms in total. The summed E-state index contributed by atoms with van der Waals surface area (Å²) in [5.74, 6) is 0. The van der Waals surface area contributed by atoms with E-state index in [1.807, 2.05) is 0 Å². The van der Waals surface area contributed by atoms with Crippen LogP contribution in [0.25, 0.3) is 0 Å². The minimum Gasteiger partial charge on any atom is -0.450 e. The number of carbonyl (C=O) groups is 1. The molecule has 0 unspecified atom stereocenters. The van der Waals surface area contributed by atoms with E-state index >= 15 is 0 Å². The van der Waals surface area contributed by atoms with Gasteiger partial charge in [-0.15, -0.1) is 0 Å². The number of carbonyl (C=O) groups excluding carboxylic acids is 1. The number of aromatic nitrogens is 2. The quantitative estimate of drug-likeness (QED) is 0.744. The highest BCUT2D eigenvalue weighted by molar-refractivity contribution is 7.10. The summed E-state index contributed by atoms with van der Waals surface area (Å²) < 4.78 is 8.64. The molecular formula is C7H12N3O3S+. The van der Waals surface area contributed by atoms with Gasteiger partial charge in [0.25, 0.3) is 5.69 Å². The van der Waals surface area contributed by atoms with Gasteiger partial charge in [0, 0.05) is 6.92 Å². The van der Waals surface area contributed by atoms with Crippen LogP contribution in [0.1, 0.15) is 12.6 Å². The molecule has 1 aromatic heterocycles. The lowest BCUT2D eigenvalue weighted by Gasteiger charge is -1.99. The van der Waals surface area contributed by atoms with Crippen molar-refractivity contribution < 1.29 is 19.2 Å². The molecule has 78 valence electrons. The van der Waals surface area contributed by atoms with Gasteiger partial charge in [0.2, 0.25) is 0 Å². The van der Waals surface area contributed by atoms with Crippen LogP contribution in [0.2, 0.25) is 0 Å². The fourth-order valence-corrected chi connectivity index (χ4v) is 1.52. The maximum atomic E-state index is 11.1. The van der Waals surface area contributed by atoms with Gasteiger partial charge < -0.3 is 4.74 Å². The first-order chi connectivity index (χ1) is 6.69. The summed E-state index contributed by atoms with van der Waals surface area (Å²) in [7, 11) is 1.50. The molecule has 1 rings (SSSR count). The van der Waals surface area contributed by atoms with Gasteiger partial charge in [-0.2, -0.15) is 0 Å². The van der Waals surface area contributed by atoms with Crippen LogP contribution in [-0.4, -0.2) is 24.3 Å². The number of nitrogens with one attached hydrogen (secondary N) is 1. The third kappa shape index (κ3) is 2.32. The SMILES string of the molecule is CCOC(=O)Nc1sn[n+](OC)c1C. The first-order valence-electron chi connectivity index (χ1n) is 4.06. The second-order valence-electron chi connectivity index (χ2n) is 2.39. The maximum Gasteiger partial charge on any atom is 0.412 e. The molecule has 7 heteroatoms. The van der Waals surface area contributed by atoms with Crippen molar-refractivity contribution in [1.29, 1.82) is 0 Å². The molecule has 0 aliphatic carbocycles. The van der Waals surface area contributed by atoms with Crippen LogP contribution in [0.5, 0.6) is 0 Å². The average molecular weight is 218 g/mol. The first-order valence-corrected chi connectivity index (χ1v) is 4.83. The summed E-state index contributed by atoms with van der Waals surface area (Å²) in [4.78, 5) is 17.3. The molecule has 0 bridgehead atoms. The van der Waals surface area contributed by atoms with Gasteiger partial charge in [0.05, 0.1) is 18.1 Å². The van der Waals surface area contributed by atoms with Gasteiger partial charge in [0.15, 0.2) is 12.1 Å². The van der Waals surface area contributed by atoms with Crippen molar-refractivity contribution in [3.63, 3.8) is 0 Å². The number of hydrogen-bond donors (Lipinski definition) is 1. The predicted molar refractivity (Wildman–Crippen MR) is 50.2 cm³/mol. The lowest BCUT2D eigenvalue weighted by molar-refractivity contribution is -0.928. The molecule has 0 aromatic carbocycles. The topological polar surface area (TPSA) is 64.3 Å². The summed E-state index contributed by atoms with van der Waals surface area (Å²) in [6, 6.07) is 0. The third-order valence-electron chi connectivity index (χ3n) is 1.49. The molecule has 14 heavy (non-hydrogen) atoms. The number of amides is 1.